The highest BCUT2D eigenvalue weighted by atomic mass is 19.3. The van der Waals surface area contributed by atoms with E-state index in [1.807, 2.05) is 36.4 Å². The van der Waals surface area contributed by atoms with Crippen LogP contribution in [0.15, 0.2) is 79.4 Å². The first-order valence-corrected chi connectivity index (χ1v) is 10.8. The topological polar surface area (TPSA) is 18.5 Å². The Balaban J connectivity index is 1.51. The Kier molecular flexibility index (Phi) is 7.34. The van der Waals surface area contributed by atoms with Gasteiger partial charge in [0.1, 0.15) is 18.2 Å². The molecule has 0 aliphatic rings. The zero-order valence-electron chi connectivity index (χ0n) is 18.5. The number of aryl methyl sites for hydroxylation is 2. The Labute approximate surface area is 199 Å². The number of halogens is 5. The summed E-state index contributed by atoms with van der Waals surface area (Å²) < 4.78 is 77.0. The molecule has 2 nitrogen and oxygen atoms in total. The standard InChI is InChI=1S/C28H21F5O2/c1-2-13-34-22-10-7-18(8-11-22)20-9-12-23-21(16-20)6-5-19(26(23)31)4-3-17-14-24(29)27(25(30)15-17)35-28(32)33/h2,5-12,14-16,28H,1,3-4,13H2. The van der Waals surface area contributed by atoms with Crippen molar-refractivity contribution < 1.29 is 31.4 Å². The molecule has 4 rings (SSSR count). The van der Waals surface area contributed by atoms with Gasteiger partial charge in [0, 0.05) is 5.39 Å². The van der Waals surface area contributed by atoms with Crippen molar-refractivity contribution in [2.45, 2.75) is 19.5 Å². The van der Waals surface area contributed by atoms with Gasteiger partial charge in [-0.3, -0.25) is 0 Å². The van der Waals surface area contributed by atoms with Gasteiger partial charge in [-0.2, -0.15) is 8.78 Å². The van der Waals surface area contributed by atoms with Crippen molar-refractivity contribution in [3.63, 3.8) is 0 Å². The Bertz CT molecular complexity index is 1330. The fraction of sp³-hybridized carbons (Fsp3) is 0.143. The highest BCUT2D eigenvalue weighted by Crippen LogP contribution is 2.30. The molecule has 0 saturated carbocycles. The van der Waals surface area contributed by atoms with Gasteiger partial charge >= 0.3 is 6.61 Å². The van der Waals surface area contributed by atoms with Crippen LogP contribution in [0.25, 0.3) is 21.9 Å². The van der Waals surface area contributed by atoms with Crippen molar-refractivity contribution >= 4 is 10.8 Å². The van der Waals surface area contributed by atoms with Crippen LogP contribution in [-0.2, 0) is 12.8 Å². The molecule has 7 heteroatoms. The fourth-order valence-electron chi connectivity index (χ4n) is 3.85. The highest BCUT2D eigenvalue weighted by Gasteiger charge is 2.17. The van der Waals surface area contributed by atoms with Crippen LogP contribution >= 0.6 is 0 Å². The second kappa shape index (κ2) is 10.6. The van der Waals surface area contributed by atoms with Crippen LogP contribution in [0.1, 0.15) is 11.1 Å². The minimum absolute atomic E-state index is 0.115. The molecular formula is C28H21F5O2. The van der Waals surface area contributed by atoms with Crippen LogP contribution in [0.5, 0.6) is 11.5 Å². The Morgan fingerprint density at radius 1 is 0.800 bits per heavy atom. The normalized spacial score (nSPS) is 11.1. The molecule has 0 bridgehead atoms. The summed E-state index contributed by atoms with van der Waals surface area (Å²) in [4.78, 5) is 0. The van der Waals surface area contributed by atoms with Gasteiger partial charge in [-0.05, 0) is 70.8 Å². The molecule has 180 valence electrons. The zero-order chi connectivity index (χ0) is 24.9. The van der Waals surface area contributed by atoms with Gasteiger partial charge in [-0.1, -0.05) is 49.1 Å². The molecule has 0 spiro atoms. The average Bonchev–Trinajstić information content (AvgIpc) is 2.84. The van der Waals surface area contributed by atoms with Gasteiger partial charge in [0.05, 0.1) is 0 Å². The number of rotatable bonds is 9. The SMILES string of the molecule is C=CCOc1ccc(-c2ccc3c(F)c(CCc4cc(F)c(OC(F)F)c(F)c4)ccc3c2)cc1. The van der Waals surface area contributed by atoms with Gasteiger partial charge in [-0.15, -0.1) is 0 Å². The van der Waals surface area contributed by atoms with Crippen LogP contribution in [0.3, 0.4) is 0 Å². The molecule has 4 aromatic carbocycles. The third-order valence-electron chi connectivity index (χ3n) is 5.54. The third kappa shape index (κ3) is 5.62. The summed E-state index contributed by atoms with van der Waals surface area (Å²) in [6.07, 6.45) is 1.95. The van der Waals surface area contributed by atoms with E-state index in [-0.39, 0.29) is 18.4 Å². The molecule has 0 saturated heterocycles. The number of alkyl halides is 2. The van der Waals surface area contributed by atoms with E-state index in [4.69, 9.17) is 4.74 Å². The average molecular weight is 484 g/mol. The van der Waals surface area contributed by atoms with E-state index in [1.165, 1.54) is 0 Å². The van der Waals surface area contributed by atoms with Crippen molar-refractivity contribution in [1.82, 2.24) is 0 Å². The molecule has 0 N–H and O–H groups in total. The highest BCUT2D eigenvalue weighted by molar-refractivity contribution is 5.88. The van der Waals surface area contributed by atoms with Crippen LogP contribution in [0.2, 0.25) is 0 Å². The van der Waals surface area contributed by atoms with E-state index in [0.29, 0.717) is 22.9 Å². The minimum Gasteiger partial charge on any atom is -0.490 e. The lowest BCUT2D eigenvalue weighted by atomic mass is 9.97. The summed E-state index contributed by atoms with van der Waals surface area (Å²) >= 11 is 0. The van der Waals surface area contributed by atoms with E-state index in [0.717, 1.165) is 29.0 Å². The molecular weight excluding hydrogens is 463 g/mol. The third-order valence-corrected chi connectivity index (χ3v) is 5.54. The Morgan fingerprint density at radius 3 is 2.14 bits per heavy atom. The maximum atomic E-state index is 15.2. The number of benzene rings is 4. The molecule has 0 fully saturated rings. The van der Waals surface area contributed by atoms with Gasteiger partial charge in [0.15, 0.2) is 17.4 Å². The molecule has 0 aliphatic heterocycles. The number of ether oxygens (including phenoxy) is 2. The summed E-state index contributed by atoms with van der Waals surface area (Å²) in [5.41, 5.74) is 2.45. The monoisotopic (exact) mass is 484 g/mol. The molecule has 4 aromatic rings. The predicted octanol–water partition coefficient (Wildman–Crippen LogP) is 7.88. The second-order valence-electron chi connectivity index (χ2n) is 7.87. The maximum Gasteiger partial charge on any atom is 0.387 e. The summed E-state index contributed by atoms with van der Waals surface area (Å²) in [6, 6.07) is 18.2. The van der Waals surface area contributed by atoms with Gasteiger partial charge in [0.2, 0.25) is 0 Å². The van der Waals surface area contributed by atoms with Gasteiger partial charge in [-0.25, -0.2) is 13.2 Å². The smallest absolute Gasteiger partial charge is 0.387 e. The van der Waals surface area contributed by atoms with E-state index in [2.05, 4.69) is 11.3 Å². The lowest BCUT2D eigenvalue weighted by Gasteiger charge is -2.11. The summed E-state index contributed by atoms with van der Waals surface area (Å²) in [5.74, 6) is -3.28. The van der Waals surface area contributed by atoms with Gasteiger partial charge in [0.25, 0.3) is 0 Å². The van der Waals surface area contributed by atoms with Crippen molar-refractivity contribution in [2.24, 2.45) is 0 Å². The first kappa shape index (κ1) is 24.3. The minimum atomic E-state index is -3.34. The van der Waals surface area contributed by atoms with E-state index >= 15 is 4.39 Å². The summed E-state index contributed by atoms with van der Waals surface area (Å²) in [7, 11) is 0. The van der Waals surface area contributed by atoms with Crippen molar-refractivity contribution in [2.75, 3.05) is 6.61 Å². The Morgan fingerprint density at radius 2 is 1.49 bits per heavy atom. The lowest BCUT2D eigenvalue weighted by molar-refractivity contribution is -0.0546. The largest absolute Gasteiger partial charge is 0.490 e. The van der Waals surface area contributed by atoms with Crippen LogP contribution in [0, 0.1) is 17.5 Å². The molecule has 0 atom stereocenters. The fourth-order valence-corrected chi connectivity index (χ4v) is 3.85. The van der Waals surface area contributed by atoms with E-state index in [1.54, 1.807) is 24.3 Å². The molecule has 0 aliphatic carbocycles. The maximum absolute atomic E-state index is 15.2. The van der Waals surface area contributed by atoms with E-state index < -0.39 is 29.8 Å². The summed E-state index contributed by atoms with van der Waals surface area (Å²) in [5, 5.41) is 1.14. The quantitative estimate of drug-likeness (QED) is 0.178. The zero-order valence-corrected chi connectivity index (χ0v) is 18.5. The van der Waals surface area contributed by atoms with Gasteiger partial charge < -0.3 is 9.47 Å². The first-order chi connectivity index (χ1) is 16.9. The molecule has 0 aromatic heterocycles. The van der Waals surface area contributed by atoms with Crippen LogP contribution < -0.4 is 9.47 Å². The lowest BCUT2D eigenvalue weighted by Crippen LogP contribution is -2.06. The number of fused-ring (bicyclic) bond motifs is 1. The van der Waals surface area contributed by atoms with Crippen molar-refractivity contribution in [3.8, 4) is 22.6 Å². The van der Waals surface area contributed by atoms with Crippen LogP contribution in [0.4, 0.5) is 22.0 Å². The second-order valence-corrected chi connectivity index (χ2v) is 7.87. The van der Waals surface area contributed by atoms with Crippen LogP contribution in [-0.4, -0.2) is 13.2 Å². The number of hydrogen-bond acceptors (Lipinski definition) is 2. The predicted molar refractivity (Wildman–Crippen MR) is 125 cm³/mol. The van der Waals surface area contributed by atoms with E-state index in [9.17, 15) is 17.6 Å². The van der Waals surface area contributed by atoms with Crippen molar-refractivity contribution in [3.05, 3.63) is 108 Å². The number of hydrogen-bond donors (Lipinski definition) is 0. The molecule has 0 radical (unpaired) electrons. The van der Waals surface area contributed by atoms with Crippen molar-refractivity contribution in [1.29, 1.82) is 0 Å². The first-order valence-electron chi connectivity index (χ1n) is 10.8. The molecule has 0 amide bonds. The molecule has 0 heterocycles. The Hall–Kier alpha value is -3.87. The molecule has 0 unspecified atom stereocenters. The molecule has 35 heavy (non-hydrogen) atoms. The summed E-state index contributed by atoms with van der Waals surface area (Å²) in [6.45, 7) is 0.691.